The van der Waals surface area contributed by atoms with Gasteiger partial charge in [0, 0.05) is 12.9 Å². The first kappa shape index (κ1) is 1.70. The fourth-order valence-corrected chi connectivity index (χ4v) is 0.683. The molecule has 0 aromatic heterocycles. The van der Waals surface area contributed by atoms with E-state index in [2.05, 4.69) is 0 Å². The number of rotatable bonds is 1. The van der Waals surface area contributed by atoms with Crippen molar-refractivity contribution in [3.8, 4) is 0 Å². The van der Waals surface area contributed by atoms with Crippen molar-refractivity contribution in [3.63, 3.8) is 0 Å². The highest BCUT2D eigenvalue weighted by atomic mass is 16.3. The standard InChI is InChI=1S/C6H13NO/c1-7-4-2-3-6(7)5-8/h6,8H,2-5H2,1H3/t6-/m0/s1/i1D3,4D2,5D2. The molecule has 1 N–H and O–H groups in total. The number of likely N-dealkylation sites (N-methyl/N-ethyl adjacent to an activating group) is 1. The summed E-state index contributed by atoms with van der Waals surface area (Å²) in [6.07, 6.45) is -0.120. The van der Waals surface area contributed by atoms with Crippen molar-refractivity contribution in [2.45, 2.75) is 18.9 Å². The van der Waals surface area contributed by atoms with Gasteiger partial charge in [-0.25, -0.2) is 0 Å². The molecular weight excluding hydrogens is 102 g/mol. The van der Waals surface area contributed by atoms with Gasteiger partial charge in [0.05, 0.1) is 9.30 Å². The van der Waals surface area contributed by atoms with Crippen LogP contribution in [0.15, 0.2) is 0 Å². The van der Waals surface area contributed by atoms with Crippen molar-refractivity contribution in [3.05, 3.63) is 0 Å². The molecule has 1 fully saturated rings. The zero-order chi connectivity index (χ0) is 12.1. The summed E-state index contributed by atoms with van der Waals surface area (Å²) in [5.74, 6) is 0. The molecule has 1 aliphatic heterocycles. The molecule has 0 saturated carbocycles. The molecule has 1 aliphatic rings. The molecule has 1 heterocycles. The lowest BCUT2D eigenvalue weighted by molar-refractivity contribution is 0.182. The maximum Gasteiger partial charge on any atom is 0.0586 e. The molecule has 0 aliphatic carbocycles. The van der Waals surface area contributed by atoms with Gasteiger partial charge in [-0.1, -0.05) is 0 Å². The lowest BCUT2D eigenvalue weighted by atomic mass is 10.2. The summed E-state index contributed by atoms with van der Waals surface area (Å²) >= 11 is 0. The van der Waals surface area contributed by atoms with Crippen molar-refractivity contribution >= 4 is 0 Å². The molecule has 1 rings (SSSR count). The zero-order valence-corrected chi connectivity index (χ0v) is 4.39. The van der Waals surface area contributed by atoms with E-state index >= 15 is 0 Å². The highest BCUT2D eigenvalue weighted by Crippen LogP contribution is 2.12. The largest absolute Gasteiger partial charge is 0.395 e. The van der Waals surface area contributed by atoms with Gasteiger partial charge in [0.25, 0.3) is 0 Å². The molecule has 0 spiro atoms. The molecule has 0 radical (unpaired) electrons. The molecule has 2 heteroatoms. The van der Waals surface area contributed by atoms with Crippen LogP contribution in [0.5, 0.6) is 0 Å². The van der Waals surface area contributed by atoms with Gasteiger partial charge in [0.2, 0.25) is 0 Å². The van der Waals surface area contributed by atoms with Crippen LogP contribution in [-0.2, 0) is 0 Å². The molecular formula is C6H13NO. The average molecular weight is 122 g/mol. The van der Waals surface area contributed by atoms with E-state index in [0.29, 0.717) is 4.90 Å². The fourth-order valence-electron chi connectivity index (χ4n) is 0.683. The van der Waals surface area contributed by atoms with Crippen LogP contribution in [0.3, 0.4) is 0 Å². The predicted octanol–water partition coefficient (Wildman–Crippen LogP) is 0.0729. The van der Waals surface area contributed by atoms with Crippen molar-refractivity contribution in [2.24, 2.45) is 0 Å². The second-order valence-corrected chi connectivity index (χ2v) is 1.71. The van der Waals surface area contributed by atoms with E-state index in [1.807, 2.05) is 0 Å². The minimum Gasteiger partial charge on any atom is -0.395 e. The maximum atomic E-state index is 9.16. The lowest BCUT2D eigenvalue weighted by Gasteiger charge is -2.15. The average Bonchev–Trinajstić information content (AvgIpc) is 2.21. The van der Waals surface area contributed by atoms with E-state index in [1.54, 1.807) is 0 Å². The Labute approximate surface area is 59.9 Å². The van der Waals surface area contributed by atoms with Gasteiger partial charge in [-0.3, -0.25) is 0 Å². The van der Waals surface area contributed by atoms with Gasteiger partial charge in [-0.2, -0.15) is 0 Å². The van der Waals surface area contributed by atoms with Crippen LogP contribution in [0.1, 0.15) is 22.4 Å². The third kappa shape index (κ3) is 1.01. The van der Waals surface area contributed by atoms with Crippen LogP contribution in [0, 0.1) is 0 Å². The zero-order valence-electron chi connectivity index (χ0n) is 11.4. The lowest BCUT2D eigenvalue weighted by Crippen LogP contribution is -2.27. The second kappa shape index (κ2) is 2.46. The maximum absolute atomic E-state index is 9.16. The van der Waals surface area contributed by atoms with Crippen molar-refractivity contribution in [2.75, 3.05) is 20.0 Å². The minimum atomic E-state index is -2.75. The highest BCUT2D eigenvalue weighted by molar-refractivity contribution is 4.74. The Morgan fingerprint density at radius 3 is 3.62 bits per heavy atom. The highest BCUT2D eigenvalue weighted by Gasteiger charge is 2.18. The van der Waals surface area contributed by atoms with E-state index in [9.17, 15) is 0 Å². The van der Waals surface area contributed by atoms with E-state index in [0.717, 1.165) is 0 Å². The fraction of sp³-hybridized carbons (Fsp3) is 1.00. The summed E-state index contributed by atoms with van der Waals surface area (Å²) in [5.41, 5.74) is 0. The molecule has 0 amide bonds. The number of hydrogen-bond acceptors (Lipinski definition) is 2. The topological polar surface area (TPSA) is 23.5 Å². The Morgan fingerprint density at radius 2 is 3.12 bits per heavy atom. The normalized spacial score (nSPS) is 54.1. The van der Waals surface area contributed by atoms with Gasteiger partial charge in [-0.05, 0) is 26.3 Å². The molecule has 1 atom stereocenters. The van der Waals surface area contributed by atoms with Crippen molar-refractivity contribution < 1.29 is 14.7 Å². The number of likely N-dealkylation sites (tertiary alicyclic amines) is 1. The summed E-state index contributed by atoms with van der Waals surface area (Å²) in [5, 5.41) is 9.16. The quantitative estimate of drug-likeness (QED) is 0.532. The second-order valence-electron chi connectivity index (χ2n) is 1.71. The summed E-state index contributed by atoms with van der Waals surface area (Å²) in [7, 11) is 0. The van der Waals surface area contributed by atoms with Gasteiger partial charge < -0.3 is 10.0 Å². The smallest absolute Gasteiger partial charge is 0.0586 e. The van der Waals surface area contributed by atoms with Crippen LogP contribution in [0.4, 0.5) is 0 Å². The Morgan fingerprint density at radius 1 is 2.25 bits per heavy atom. The van der Waals surface area contributed by atoms with Crippen molar-refractivity contribution in [1.29, 1.82) is 0 Å². The first-order chi connectivity index (χ1) is 6.46. The molecule has 1 saturated heterocycles. The van der Waals surface area contributed by atoms with Gasteiger partial charge in [0.15, 0.2) is 0 Å². The monoisotopic (exact) mass is 122 g/mol. The number of nitrogens with zero attached hydrogens (tertiary/aromatic N) is 1. The Kier molecular flexibility index (Phi) is 0.525. The minimum absolute atomic E-state index is 0.0190. The van der Waals surface area contributed by atoms with E-state index in [1.165, 1.54) is 0 Å². The van der Waals surface area contributed by atoms with Gasteiger partial charge >= 0.3 is 0 Å². The van der Waals surface area contributed by atoms with E-state index in [-0.39, 0.29) is 12.8 Å². The Balaban J connectivity index is 3.03. The number of aliphatic hydroxyl groups is 1. The first-order valence-electron chi connectivity index (χ1n) is 5.98. The van der Waals surface area contributed by atoms with Crippen LogP contribution in [0.2, 0.25) is 0 Å². The van der Waals surface area contributed by atoms with Crippen LogP contribution >= 0.6 is 0 Å². The van der Waals surface area contributed by atoms with Crippen LogP contribution < -0.4 is 0 Å². The Hall–Kier alpha value is -0.0800. The van der Waals surface area contributed by atoms with E-state index < -0.39 is 26.1 Å². The summed E-state index contributed by atoms with van der Waals surface area (Å²) < 4.78 is 50.5. The van der Waals surface area contributed by atoms with Gasteiger partial charge in [-0.15, -0.1) is 0 Å². The number of hydrogen-bond donors (Lipinski definition) is 1. The summed E-state index contributed by atoms with van der Waals surface area (Å²) in [4.78, 5) is 0.444. The first-order valence-corrected chi connectivity index (χ1v) is 2.48. The molecule has 0 bridgehead atoms. The van der Waals surface area contributed by atoms with Crippen molar-refractivity contribution in [1.82, 2.24) is 4.90 Å². The third-order valence-electron chi connectivity index (χ3n) is 1.16. The Bertz CT molecular complexity index is 245. The van der Waals surface area contributed by atoms with E-state index in [4.69, 9.17) is 14.7 Å². The molecule has 0 unspecified atom stereocenters. The summed E-state index contributed by atoms with van der Waals surface area (Å²) in [6.45, 7) is -7.56. The molecule has 48 valence electrons. The van der Waals surface area contributed by atoms with Crippen LogP contribution in [-0.4, -0.2) is 36.1 Å². The van der Waals surface area contributed by atoms with Gasteiger partial charge in [0.1, 0.15) is 0 Å². The molecule has 2 nitrogen and oxygen atoms in total. The van der Waals surface area contributed by atoms with Crippen LogP contribution in [0.25, 0.3) is 0 Å². The SMILES string of the molecule is [2H]C([2H])(O)[C@@H]1CCC([2H])([2H])N1C([2H])([2H])[2H]. The molecule has 0 aromatic rings. The third-order valence-corrected chi connectivity index (χ3v) is 1.16. The predicted molar refractivity (Wildman–Crippen MR) is 32.7 cm³/mol. The molecule has 8 heavy (non-hydrogen) atoms. The summed E-state index contributed by atoms with van der Waals surface area (Å²) in [6, 6.07) is -1.33. The molecule has 0 aromatic carbocycles.